The maximum Gasteiger partial charge on any atom is 0.0664 e. The van der Waals surface area contributed by atoms with Gasteiger partial charge < -0.3 is 4.74 Å². The molecule has 0 aromatic heterocycles. The molecule has 0 aliphatic heterocycles. The number of aryl methyl sites for hydroxylation is 2. The summed E-state index contributed by atoms with van der Waals surface area (Å²) >= 11 is 0. The average molecular weight is 397 g/mol. The molecule has 0 spiro atoms. The Kier molecular flexibility index (Phi) is 9.86. The van der Waals surface area contributed by atoms with Gasteiger partial charge in [0.2, 0.25) is 0 Å². The summed E-state index contributed by atoms with van der Waals surface area (Å²) in [5.74, 6) is 0. The van der Waals surface area contributed by atoms with Crippen LogP contribution in [-0.4, -0.2) is 49.2 Å². The second-order valence-electron chi connectivity index (χ2n) is 7.83. The van der Waals surface area contributed by atoms with Gasteiger partial charge in [0.15, 0.2) is 0 Å². The molecular weight excluding hydrogens is 356 g/mol. The van der Waals surface area contributed by atoms with Gasteiger partial charge in [0.05, 0.1) is 25.3 Å². The van der Waals surface area contributed by atoms with Crippen LogP contribution in [0.5, 0.6) is 0 Å². The zero-order valence-electron chi connectivity index (χ0n) is 19.3. The molecule has 0 saturated carbocycles. The molecule has 3 heteroatoms. The Morgan fingerprint density at radius 2 is 0.897 bits per heavy atom. The Morgan fingerprint density at radius 3 is 1.17 bits per heavy atom. The third kappa shape index (κ3) is 6.67. The monoisotopic (exact) mass is 396 g/mol. The van der Waals surface area contributed by atoms with E-state index < -0.39 is 0 Å². The van der Waals surface area contributed by atoms with Crippen LogP contribution in [0, 0.1) is 13.8 Å². The lowest BCUT2D eigenvalue weighted by atomic mass is 10.0. The van der Waals surface area contributed by atoms with E-state index in [0.717, 1.165) is 26.2 Å². The topological polar surface area (TPSA) is 15.7 Å². The van der Waals surface area contributed by atoms with Crippen LogP contribution in [0.3, 0.4) is 0 Å². The van der Waals surface area contributed by atoms with Gasteiger partial charge in [-0.3, -0.25) is 9.80 Å². The standard InChI is InChI=1S/C26H40N2O/c1-7-27(8-2)25(23-15-11-21(5)12-16-23)19-29-20-26(28(9-3)10-4)24-17-13-22(6)14-18-24/h11-18,25-26H,7-10,19-20H2,1-6H3. The van der Waals surface area contributed by atoms with E-state index in [1.54, 1.807) is 0 Å². The first-order valence-corrected chi connectivity index (χ1v) is 11.2. The molecular formula is C26H40N2O. The van der Waals surface area contributed by atoms with Crippen molar-refractivity contribution < 1.29 is 4.74 Å². The highest BCUT2D eigenvalue weighted by molar-refractivity contribution is 5.25. The van der Waals surface area contributed by atoms with Gasteiger partial charge in [0, 0.05) is 0 Å². The van der Waals surface area contributed by atoms with Crippen molar-refractivity contribution in [2.24, 2.45) is 0 Å². The van der Waals surface area contributed by atoms with E-state index >= 15 is 0 Å². The summed E-state index contributed by atoms with van der Waals surface area (Å²) in [6, 6.07) is 18.4. The molecule has 0 amide bonds. The van der Waals surface area contributed by atoms with Crippen molar-refractivity contribution in [2.75, 3.05) is 39.4 Å². The quantitative estimate of drug-likeness (QED) is 0.452. The molecule has 0 saturated heterocycles. The number of rotatable bonds is 12. The normalized spacial score (nSPS) is 13.8. The van der Waals surface area contributed by atoms with Crippen molar-refractivity contribution in [3.8, 4) is 0 Å². The lowest BCUT2D eigenvalue weighted by molar-refractivity contribution is 0.0247. The number of ether oxygens (including phenoxy) is 1. The minimum atomic E-state index is 0.293. The lowest BCUT2D eigenvalue weighted by Crippen LogP contribution is -2.35. The number of hydrogen-bond acceptors (Lipinski definition) is 3. The summed E-state index contributed by atoms with van der Waals surface area (Å²) in [6.07, 6.45) is 0. The molecule has 0 fully saturated rings. The summed E-state index contributed by atoms with van der Waals surface area (Å²) < 4.78 is 6.41. The summed E-state index contributed by atoms with van der Waals surface area (Å²) in [7, 11) is 0. The van der Waals surface area contributed by atoms with Gasteiger partial charge in [-0.2, -0.15) is 0 Å². The maximum atomic E-state index is 6.41. The van der Waals surface area contributed by atoms with Crippen molar-refractivity contribution >= 4 is 0 Å². The fourth-order valence-corrected chi connectivity index (χ4v) is 4.02. The molecule has 0 radical (unpaired) electrons. The Labute approximate surface area is 178 Å². The first-order valence-electron chi connectivity index (χ1n) is 11.2. The third-order valence-corrected chi connectivity index (χ3v) is 5.98. The maximum absolute atomic E-state index is 6.41. The Morgan fingerprint density at radius 1 is 0.586 bits per heavy atom. The van der Waals surface area contributed by atoms with Crippen molar-refractivity contribution in [1.82, 2.24) is 9.80 Å². The molecule has 2 atom stereocenters. The minimum absolute atomic E-state index is 0.293. The number of benzene rings is 2. The fourth-order valence-electron chi connectivity index (χ4n) is 4.02. The molecule has 160 valence electrons. The van der Waals surface area contributed by atoms with Crippen molar-refractivity contribution in [1.29, 1.82) is 0 Å². The van der Waals surface area contributed by atoms with E-state index in [9.17, 15) is 0 Å². The van der Waals surface area contributed by atoms with Crippen LogP contribution >= 0.6 is 0 Å². The van der Waals surface area contributed by atoms with Crippen LogP contribution < -0.4 is 0 Å². The van der Waals surface area contributed by atoms with E-state index in [1.165, 1.54) is 22.3 Å². The second-order valence-corrected chi connectivity index (χ2v) is 7.83. The smallest absolute Gasteiger partial charge is 0.0664 e. The average Bonchev–Trinajstić information content (AvgIpc) is 2.74. The molecule has 2 rings (SSSR count). The van der Waals surface area contributed by atoms with Gasteiger partial charge in [-0.05, 0) is 51.2 Å². The summed E-state index contributed by atoms with van der Waals surface area (Å²) in [5, 5.41) is 0. The SMILES string of the molecule is CCN(CC)C(COCC(c1ccc(C)cc1)N(CC)CC)c1ccc(C)cc1. The van der Waals surface area contributed by atoms with Crippen molar-refractivity contribution in [2.45, 2.75) is 53.6 Å². The molecule has 2 aromatic rings. The zero-order valence-corrected chi connectivity index (χ0v) is 19.3. The van der Waals surface area contributed by atoms with E-state index in [2.05, 4.69) is 99.9 Å². The lowest BCUT2D eigenvalue weighted by Gasteiger charge is -2.33. The molecule has 0 heterocycles. The molecule has 29 heavy (non-hydrogen) atoms. The van der Waals surface area contributed by atoms with Gasteiger partial charge in [-0.1, -0.05) is 87.4 Å². The molecule has 0 bridgehead atoms. The Hall–Kier alpha value is -1.68. The van der Waals surface area contributed by atoms with Crippen LogP contribution in [0.4, 0.5) is 0 Å². The number of nitrogens with zero attached hydrogens (tertiary/aromatic N) is 2. The summed E-state index contributed by atoms with van der Waals surface area (Å²) in [4.78, 5) is 4.98. The molecule has 0 aliphatic carbocycles. The molecule has 0 N–H and O–H groups in total. The highest BCUT2D eigenvalue weighted by Crippen LogP contribution is 2.25. The minimum Gasteiger partial charge on any atom is -0.377 e. The first-order chi connectivity index (χ1) is 14.0. The highest BCUT2D eigenvalue weighted by atomic mass is 16.5. The van der Waals surface area contributed by atoms with E-state index in [0.29, 0.717) is 25.3 Å². The van der Waals surface area contributed by atoms with E-state index in [4.69, 9.17) is 4.74 Å². The van der Waals surface area contributed by atoms with Crippen LogP contribution in [0.1, 0.15) is 62.0 Å². The Balaban J connectivity index is 2.14. The molecule has 3 nitrogen and oxygen atoms in total. The van der Waals surface area contributed by atoms with Gasteiger partial charge >= 0.3 is 0 Å². The second kappa shape index (κ2) is 12.1. The predicted molar refractivity (Wildman–Crippen MR) is 125 cm³/mol. The van der Waals surface area contributed by atoms with Gasteiger partial charge in [0.1, 0.15) is 0 Å². The van der Waals surface area contributed by atoms with Crippen LogP contribution in [0.2, 0.25) is 0 Å². The summed E-state index contributed by atoms with van der Waals surface area (Å²) in [5.41, 5.74) is 5.28. The zero-order chi connectivity index (χ0) is 21.2. The fraction of sp³-hybridized carbons (Fsp3) is 0.538. The number of hydrogen-bond donors (Lipinski definition) is 0. The first kappa shape index (κ1) is 23.6. The molecule has 2 unspecified atom stereocenters. The van der Waals surface area contributed by atoms with Crippen molar-refractivity contribution in [3.05, 3.63) is 70.8 Å². The number of likely N-dealkylation sites (N-methyl/N-ethyl adjacent to an activating group) is 2. The van der Waals surface area contributed by atoms with Gasteiger partial charge in [-0.25, -0.2) is 0 Å². The van der Waals surface area contributed by atoms with E-state index in [1.807, 2.05) is 0 Å². The van der Waals surface area contributed by atoms with E-state index in [-0.39, 0.29) is 0 Å². The largest absolute Gasteiger partial charge is 0.377 e. The van der Waals surface area contributed by atoms with Crippen LogP contribution in [0.15, 0.2) is 48.5 Å². The van der Waals surface area contributed by atoms with Gasteiger partial charge in [-0.15, -0.1) is 0 Å². The van der Waals surface area contributed by atoms with Crippen LogP contribution in [-0.2, 0) is 4.74 Å². The van der Waals surface area contributed by atoms with Gasteiger partial charge in [0.25, 0.3) is 0 Å². The highest BCUT2D eigenvalue weighted by Gasteiger charge is 2.22. The predicted octanol–water partition coefficient (Wildman–Crippen LogP) is 5.79. The van der Waals surface area contributed by atoms with Crippen LogP contribution in [0.25, 0.3) is 0 Å². The Bertz CT molecular complexity index is 626. The molecule has 0 aliphatic rings. The van der Waals surface area contributed by atoms with Crippen molar-refractivity contribution in [3.63, 3.8) is 0 Å². The summed E-state index contributed by atoms with van der Waals surface area (Å²) in [6.45, 7) is 18.7. The third-order valence-electron chi connectivity index (χ3n) is 5.98. The molecule has 2 aromatic carbocycles.